The van der Waals surface area contributed by atoms with Crippen LogP contribution < -0.4 is 10.1 Å². The molecule has 2 aromatic carbocycles. The Kier molecular flexibility index (Phi) is 7.80. The van der Waals surface area contributed by atoms with Crippen LogP contribution in [0, 0.1) is 0 Å². The van der Waals surface area contributed by atoms with E-state index in [0.717, 1.165) is 41.9 Å². The molecule has 0 atom stereocenters. The molecular formula is C26H33N3O3. The number of likely N-dealkylation sites (tertiary alicyclic amines) is 1. The fraction of sp³-hybridized carbons (Fsp3) is 0.423. The molecule has 6 heteroatoms. The van der Waals surface area contributed by atoms with Crippen molar-refractivity contribution in [3.05, 3.63) is 65.9 Å². The topological polar surface area (TPSA) is 55.7 Å². The zero-order chi connectivity index (χ0) is 22.2. The smallest absolute Gasteiger partial charge is 0.267 e. The van der Waals surface area contributed by atoms with Gasteiger partial charge in [-0.2, -0.15) is 0 Å². The number of carbonyl (C=O) groups excluding carboxylic acids is 1. The van der Waals surface area contributed by atoms with E-state index in [-0.39, 0.29) is 5.91 Å². The second-order valence-corrected chi connectivity index (χ2v) is 8.30. The molecule has 1 aliphatic heterocycles. The minimum absolute atomic E-state index is 0.0525. The molecular weight excluding hydrogens is 402 g/mol. The minimum Gasteiger partial charge on any atom is -0.488 e. The van der Waals surface area contributed by atoms with Crippen molar-refractivity contribution in [3.8, 4) is 5.75 Å². The third kappa shape index (κ3) is 5.50. The molecule has 0 saturated carbocycles. The molecule has 6 nitrogen and oxygen atoms in total. The fourth-order valence-corrected chi connectivity index (χ4v) is 4.33. The fourth-order valence-electron chi connectivity index (χ4n) is 4.33. The highest BCUT2D eigenvalue weighted by atomic mass is 16.5. The Morgan fingerprint density at radius 3 is 2.59 bits per heavy atom. The lowest BCUT2D eigenvalue weighted by Crippen LogP contribution is -2.38. The normalized spacial score (nSPS) is 14.5. The van der Waals surface area contributed by atoms with Gasteiger partial charge >= 0.3 is 0 Å². The maximum Gasteiger partial charge on any atom is 0.267 e. The van der Waals surface area contributed by atoms with Crippen molar-refractivity contribution in [2.45, 2.75) is 32.4 Å². The molecule has 0 radical (unpaired) electrons. The molecule has 32 heavy (non-hydrogen) atoms. The molecule has 1 amide bonds. The molecule has 0 aliphatic carbocycles. The van der Waals surface area contributed by atoms with Gasteiger partial charge in [-0.05, 0) is 49.7 Å². The van der Waals surface area contributed by atoms with Crippen LogP contribution in [0.25, 0.3) is 10.9 Å². The first-order valence-electron chi connectivity index (χ1n) is 11.5. The molecule has 1 fully saturated rings. The van der Waals surface area contributed by atoms with Crippen molar-refractivity contribution >= 4 is 16.8 Å². The van der Waals surface area contributed by atoms with Gasteiger partial charge in [0.15, 0.2) is 0 Å². The molecule has 3 aromatic rings. The van der Waals surface area contributed by atoms with E-state index in [4.69, 9.17) is 9.47 Å². The summed E-state index contributed by atoms with van der Waals surface area (Å²) in [7, 11) is 1.68. The number of hydrogen-bond donors (Lipinski definition) is 1. The predicted molar refractivity (Wildman–Crippen MR) is 127 cm³/mol. The number of benzene rings is 2. The van der Waals surface area contributed by atoms with Crippen LogP contribution in [0.5, 0.6) is 5.75 Å². The number of ether oxygens (including phenoxy) is 2. The number of piperidine rings is 1. The van der Waals surface area contributed by atoms with E-state index in [1.165, 1.54) is 19.3 Å². The van der Waals surface area contributed by atoms with Crippen molar-refractivity contribution < 1.29 is 14.3 Å². The zero-order valence-corrected chi connectivity index (χ0v) is 18.9. The molecule has 4 rings (SSSR count). The summed E-state index contributed by atoms with van der Waals surface area (Å²) in [4.78, 5) is 15.5. The molecule has 1 aromatic heterocycles. The Bertz CT molecular complexity index is 1010. The van der Waals surface area contributed by atoms with Gasteiger partial charge in [0, 0.05) is 32.1 Å². The molecule has 1 N–H and O–H groups in total. The van der Waals surface area contributed by atoms with E-state index >= 15 is 0 Å². The van der Waals surface area contributed by atoms with Crippen LogP contribution in [0.2, 0.25) is 0 Å². The standard InChI is InChI=1S/C26H33N3O3/c1-31-18-17-29-23-11-8-12-25(32-20-21-9-4-2-5-10-21)22(23)19-24(29)26(30)27-13-16-28-14-6-3-7-15-28/h2,4-5,8-12,19H,3,6-7,13-18,20H2,1H3,(H,27,30). The van der Waals surface area contributed by atoms with Crippen LogP contribution in [-0.4, -0.2) is 55.3 Å². The Labute approximate surface area is 190 Å². The first kappa shape index (κ1) is 22.4. The third-order valence-corrected chi connectivity index (χ3v) is 6.06. The number of carbonyl (C=O) groups is 1. The SMILES string of the molecule is COCCn1c(C(=O)NCCN2CCCCC2)cc2c(OCc3ccccc3)cccc21. The highest BCUT2D eigenvalue weighted by Gasteiger charge is 2.18. The van der Waals surface area contributed by atoms with E-state index < -0.39 is 0 Å². The molecule has 1 aliphatic rings. The number of amides is 1. The van der Waals surface area contributed by atoms with Gasteiger partial charge in [0.05, 0.1) is 12.1 Å². The molecule has 170 valence electrons. The first-order chi connectivity index (χ1) is 15.8. The second-order valence-electron chi connectivity index (χ2n) is 8.30. The number of nitrogens with zero attached hydrogens (tertiary/aromatic N) is 2. The first-order valence-corrected chi connectivity index (χ1v) is 11.5. The van der Waals surface area contributed by atoms with Crippen LogP contribution >= 0.6 is 0 Å². The van der Waals surface area contributed by atoms with Gasteiger partial charge in [0.25, 0.3) is 5.91 Å². The van der Waals surface area contributed by atoms with Crippen molar-refractivity contribution in [1.29, 1.82) is 0 Å². The summed E-state index contributed by atoms with van der Waals surface area (Å²) in [6, 6.07) is 18.0. The summed E-state index contributed by atoms with van der Waals surface area (Å²) in [6.45, 7) is 5.44. The average molecular weight is 436 g/mol. The van der Waals surface area contributed by atoms with Crippen LogP contribution in [0.3, 0.4) is 0 Å². The molecule has 1 saturated heterocycles. The van der Waals surface area contributed by atoms with E-state index in [0.29, 0.717) is 32.0 Å². The summed E-state index contributed by atoms with van der Waals surface area (Å²) in [5, 5.41) is 4.06. The number of hydrogen-bond acceptors (Lipinski definition) is 4. The van der Waals surface area contributed by atoms with E-state index in [2.05, 4.69) is 10.2 Å². The van der Waals surface area contributed by atoms with Crippen molar-refractivity contribution in [2.24, 2.45) is 0 Å². The Morgan fingerprint density at radius 2 is 1.81 bits per heavy atom. The molecule has 0 spiro atoms. The lowest BCUT2D eigenvalue weighted by Gasteiger charge is -2.26. The maximum atomic E-state index is 13.1. The lowest BCUT2D eigenvalue weighted by molar-refractivity contribution is 0.0935. The van der Waals surface area contributed by atoms with Gasteiger partial charge in [0.1, 0.15) is 18.1 Å². The van der Waals surface area contributed by atoms with Gasteiger partial charge < -0.3 is 24.3 Å². The minimum atomic E-state index is -0.0525. The van der Waals surface area contributed by atoms with E-state index in [9.17, 15) is 4.79 Å². The molecule has 0 unspecified atom stereocenters. The second kappa shape index (κ2) is 11.2. The third-order valence-electron chi connectivity index (χ3n) is 6.06. The summed E-state index contributed by atoms with van der Waals surface area (Å²) in [5.74, 6) is 0.730. The van der Waals surface area contributed by atoms with Gasteiger partial charge in [0.2, 0.25) is 0 Å². The summed E-state index contributed by atoms with van der Waals surface area (Å²) < 4.78 is 13.5. The number of fused-ring (bicyclic) bond motifs is 1. The number of rotatable bonds is 10. The highest BCUT2D eigenvalue weighted by molar-refractivity contribution is 6.00. The van der Waals surface area contributed by atoms with Crippen LogP contribution in [-0.2, 0) is 17.9 Å². The zero-order valence-electron chi connectivity index (χ0n) is 18.9. The van der Waals surface area contributed by atoms with Crippen molar-refractivity contribution in [1.82, 2.24) is 14.8 Å². The quantitative estimate of drug-likeness (QED) is 0.521. The monoisotopic (exact) mass is 435 g/mol. The van der Waals surface area contributed by atoms with Gasteiger partial charge in [-0.25, -0.2) is 0 Å². The Hall–Kier alpha value is -2.83. The molecule has 0 bridgehead atoms. The van der Waals surface area contributed by atoms with Crippen molar-refractivity contribution in [2.75, 3.05) is 39.9 Å². The number of aromatic nitrogens is 1. The van der Waals surface area contributed by atoms with E-state index in [1.54, 1.807) is 7.11 Å². The summed E-state index contributed by atoms with van der Waals surface area (Å²) in [5.41, 5.74) is 2.74. The van der Waals surface area contributed by atoms with Crippen LogP contribution in [0.1, 0.15) is 35.3 Å². The van der Waals surface area contributed by atoms with Gasteiger partial charge in [-0.1, -0.05) is 42.8 Å². The van der Waals surface area contributed by atoms with Gasteiger partial charge in [-0.3, -0.25) is 4.79 Å². The average Bonchev–Trinajstić information content (AvgIpc) is 3.22. The van der Waals surface area contributed by atoms with Crippen LogP contribution in [0.4, 0.5) is 0 Å². The summed E-state index contributed by atoms with van der Waals surface area (Å²) >= 11 is 0. The largest absolute Gasteiger partial charge is 0.488 e. The highest BCUT2D eigenvalue weighted by Crippen LogP contribution is 2.30. The predicted octanol–water partition coefficient (Wildman–Crippen LogP) is 4.08. The lowest BCUT2D eigenvalue weighted by atomic mass is 10.1. The number of nitrogens with one attached hydrogen (secondary N) is 1. The van der Waals surface area contributed by atoms with Gasteiger partial charge in [-0.15, -0.1) is 0 Å². The van der Waals surface area contributed by atoms with Crippen LogP contribution in [0.15, 0.2) is 54.6 Å². The van der Waals surface area contributed by atoms with Crippen molar-refractivity contribution in [3.63, 3.8) is 0 Å². The van der Waals surface area contributed by atoms with E-state index in [1.807, 2.05) is 59.2 Å². The Morgan fingerprint density at radius 1 is 1.00 bits per heavy atom. The Balaban J connectivity index is 1.51. The maximum absolute atomic E-state index is 13.1. The summed E-state index contributed by atoms with van der Waals surface area (Å²) in [6.07, 6.45) is 3.83. The molecule has 2 heterocycles. The number of methoxy groups -OCH3 is 1.